The molecule has 0 N–H and O–H groups in total. The Labute approximate surface area is 132 Å². The maximum atomic E-state index is 11.4. The number of aryl methyl sites for hydroxylation is 1. The summed E-state index contributed by atoms with van der Waals surface area (Å²) in [5.74, 6) is 0.133. The van der Waals surface area contributed by atoms with Crippen LogP contribution in [0.3, 0.4) is 0 Å². The van der Waals surface area contributed by atoms with E-state index in [1.807, 2.05) is 12.1 Å². The summed E-state index contributed by atoms with van der Waals surface area (Å²) in [5.41, 5.74) is 3.91. The standard InChI is InChI=1S/C17H15IO2/c1-11(2)17(19)20-15-7-4-13(5-8-15)16-9-6-14(18)10-12(16)3/h4-10H,1H2,2-3H3. The fourth-order valence-electron chi connectivity index (χ4n) is 1.85. The van der Waals surface area contributed by atoms with E-state index >= 15 is 0 Å². The summed E-state index contributed by atoms with van der Waals surface area (Å²) in [5, 5.41) is 0. The van der Waals surface area contributed by atoms with Crippen molar-refractivity contribution in [3.63, 3.8) is 0 Å². The lowest BCUT2D eigenvalue weighted by molar-refractivity contribution is -0.130. The molecular weight excluding hydrogens is 363 g/mol. The minimum atomic E-state index is -0.400. The molecule has 0 aliphatic carbocycles. The second-order valence-electron chi connectivity index (χ2n) is 4.65. The number of ether oxygens (including phenoxy) is 1. The third kappa shape index (κ3) is 3.48. The second-order valence-corrected chi connectivity index (χ2v) is 5.90. The van der Waals surface area contributed by atoms with Crippen LogP contribution in [0, 0.1) is 10.5 Å². The summed E-state index contributed by atoms with van der Waals surface area (Å²) in [6, 6.07) is 13.8. The van der Waals surface area contributed by atoms with Crippen LogP contribution in [0.2, 0.25) is 0 Å². The van der Waals surface area contributed by atoms with Gasteiger partial charge in [0.2, 0.25) is 0 Å². The Kier molecular flexibility index (Phi) is 4.60. The van der Waals surface area contributed by atoms with Crippen LogP contribution in [0.1, 0.15) is 12.5 Å². The lowest BCUT2D eigenvalue weighted by Gasteiger charge is -2.08. The third-order valence-corrected chi connectivity index (χ3v) is 3.58. The van der Waals surface area contributed by atoms with Crippen molar-refractivity contribution in [2.45, 2.75) is 13.8 Å². The van der Waals surface area contributed by atoms with Crippen LogP contribution in [-0.4, -0.2) is 5.97 Å². The van der Waals surface area contributed by atoms with Gasteiger partial charge in [-0.05, 0) is 77.4 Å². The van der Waals surface area contributed by atoms with Gasteiger partial charge in [0.05, 0.1) is 0 Å². The molecule has 0 saturated heterocycles. The summed E-state index contributed by atoms with van der Waals surface area (Å²) in [6.07, 6.45) is 0. The van der Waals surface area contributed by atoms with E-state index in [0.29, 0.717) is 11.3 Å². The summed E-state index contributed by atoms with van der Waals surface area (Å²) in [7, 11) is 0. The van der Waals surface area contributed by atoms with Crippen molar-refractivity contribution in [1.29, 1.82) is 0 Å². The SMILES string of the molecule is C=C(C)C(=O)Oc1ccc(-c2ccc(I)cc2C)cc1. The van der Waals surface area contributed by atoms with Gasteiger partial charge in [-0.3, -0.25) is 0 Å². The summed E-state index contributed by atoms with van der Waals surface area (Å²) in [4.78, 5) is 11.4. The van der Waals surface area contributed by atoms with E-state index < -0.39 is 5.97 Å². The minimum Gasteiger partial charge on any atom is -0.423 e. The lowest BCUT2D eigenvalue weighted by atomic mass is 10.0. The average molecular weight is 378 g/mol. The van der Waals surface area contributed by atoms with E-state index in [4.69, 9.17) is 4.74 Å². The normalized spacial score (nSPS) is 10.2. The van der Waals surface area contributed by atoms with Gasteiger partial charge in [-0.1, -0.05) is 24.8 Å². The van der Waals surface area contributed by atoms with Crippen LogP contribution in [0.5, 0.6) is 5.75 Å². The molecule has 0 aromatic heterocycles. The van der Waals surface area contributed by atoms with Crippen LogP contribution >= 0.6 is 22.6 Å². The molecule has 0 saturated carbocycles. The maximum absolute atomic E-state index is 11.4. The largest absolute Gasteiger partial charge is 0.423 e. The van der Waals surface area contributed by atoms with Crippen molar-refractivity contribution in [1.82, 2.24) is 0 Å². The highest BCUT2D eigenvalue weighted by Crippen LogP contribution is 2.26. The van der Waals surface area contributed by atoms with Crippen molar-refractivity contribution < 1.29 is 9.53 Å². The summed E-state index contributed by atoms with van der Waals surface area (Å²) in [6.45, 7) is 7.28. The first-order chi connectivity index (χ1) is 9.47. The monoisotopic (exact) mass is 378 g/mol. The van der Waals surface area contributed by atoms with Gasteiger partial charge in [-0.15, -0.1) is 0 Å². The number of carbonyl (C=O) groups is 1. The van der Waals surface area contributed by atoms with Crippen molar-refractivity contribution in [2.75, 3.05) is 0 Å². The number of esters is 1. The lowest BCUT2D eigenvalue weighted by Crippen LogP contribution is -2.07. The topological polar surface area (TPSA) is 26.3 Å². The average Bonchev–Trinajstić information content (AvgIpc) is 2.40. The molecule has 20 heavy (non-hydrogen) atoms. The zero-order valence-corrected chi connectivity index (χ0v) is 13.6. The Hall–Kier alpha value is -1.62. The van der Waals surface area contributed by atoms with E-state index in [2.05, 4.69) is 54.3 Å². The zero-order chi connectivity index (χ0) is 14.7. The quantitative estimate of drug-likeness (QED) is 0.334. The molecule has 2 rings (SSSR count). The number of hydrogen-bond donors (Lipinski definition) is 0. The van der Waals surface area contributed by atoms with Gasteiger partial charge in [0.1, 0.15) is 5.75 Å². The molecule has 2 aromatic carbocycles. The highest BCUT2D eigenvalue weighted by molar-refractivity contribution is 14.1. The molecule has 0 bridgehead atoms. The molecule has 0 aliphatic heterocycles. The van der Waals surface area contributed by atoms with E-state index in [1.165, 1.54) is 14.7 Å². The summed E-state index contributed by atoms with van der Waals surface area (Å²) >= 11 is 2.30. The third-order valence-electron chi connectivity index (χ3n) is 2.91. The van der Waals surface area contributed by atoms with Gasteiger partial charge in [-0.2, -0.15) is 0 Å². The van der Waals surface area contributed by atoms with Crippen LogP contribution in [-0.2, 0) is 4.79 Å². The number of rotatable bonds is 3. The predicted molar refractivity (Wildman–Crippen MR) is 89.8 cm³/mol. The number of hydrogen-bond acceptors (Lipinski definition) is 2. The smallest absolute Gasteiger partial charge is 0.338 e. The maximum Gasteiger partial charge on any atom is 0.338 e. The molecule has 0 unspecified atom stereocenters. The van der Waals surface area contributed by atoms with Gasteiger partial charge < -0.3 is 4.74 Å². The van der Waals surface area contributed by atoms with Crippen LogP contribution in [0.15, 0.2) is 54.6 Å². The highest BCUT2D eigenvalue weighted by Gasteiger charge is 2.06. The predicted octanol–water partition coefficient (Wildman–Crippen LogP) is 4.75. The fraction of sp³-hybridized carbons (Fsp3) is 0.118. The molecule has 3 heteroatoms. The number of carbonyl (C=O) groups excluding carboxylic acids is 1. The zero-order valence-electron chi connectivity index (χ0n) is 11.4. The van der Waals surface area contributed by atoms with Crippen molar-refractivity contribution >= 4 is 28.6 Å². The minimum absolute atomic E-state index is 0.391. The van der Waals surface area contributed by atoms with Crippen molar-refractivity contribution in [3.05, 3.63) is 63.8 Å². The van der Waals surface area contributed by atoms with E-state index in [-0.39, 0.29) is 0 Å². The van der Waals surface area contributed by atoms with E-state index in [0.717, 1.165) is 5.56 Å². The molecule has 0 heterocycles. The first-order valence-corrected chi connectivity index (χ1v) is 7.29. The van der Waals surface area contributed by atoms with Crippen molar-refractivity contribution in [3.8, 4) is 16.9 Å². The molecule has 102 valence electrons. The molecular formula is C17H15IO2. The van der Waals surface area contributed by atoms with E-state index in [1.54, 1.807) is 19.1 Å². The first kappa shape index (κ1) is 14.8. The molecule has 2 nitrogen and oxygen atoms in total. The number of benzene rings is 2. The number of halogens is 1. The Bertz CT molecular complexity index is 657. The van der Waals surface area contributed by atoms with Crippen LogP contribution in [0.4, 0.5) is 0 Å². The Balaban J connectivity index is 2.24. The molecule has 0 spiro atoms. The van der Waals surface area contributed by atoms with Gasteiger partial charge >= 0.3 is 5.97 Å². The molecule has 0 radical (unpaired) electrons. The molecule has 2 aromatic rings. The van der Waals surface area contributed by atoms with Crippen molar-refractivity contribution in [2.24, 2.45) is 0 Å². The van der Waals surface area contributed by atoms with E-state index in [9.17, 15) is 4.79 Å². The van der Waals surface area contributed by atoms with Gasteiger partial charge in [0, 0.05) is 9.14 Å². The Morgan fingerprint density at radius 2 is 1.80 bits per heavy atom. The molecule has 0 atom stereocenters. The Morgan fingerprint density at radius 1 is 1.15 bits per heavy atom. The molecule has 0 aliphatic rings. The van der Waals surface area contributed by atoms with Gasteiger partial charge in [0.25, 0.3) is 0 Å². The second kappa shape index (κ2) is 6.22. The molecule has 0 fully saturated rings. The molecule has 0 amide bonds. The Morgan fingerprint density at radius 3 is 2.35 bits per heavy atom. The highest BCUT2D eigenvalue weighted by atomic mass is 127. The van der Waals surface area contributed by atoms with Crippen LogP contribution < -0.4 is 4.74 Å². The summed E-state index contributed by atoms with van der Waals surface area (Å²) < 4.78 is 6.39. The van der Waals surface area contributed by atoms with Gasteiger partial charge in [-0.25, -0.2) is 4.79 Å². The van der Waals surface area contributed by atoms with Gasteiger partial charge in [0.15, 0.2) is 0 Å². The first-order valence-electron chi connectivity index (χ1n) is 6.21. The fourth-order valence-corrected chi connectivity index (χ4v) is 2.49. The van der Waals surface area contributed by atoms with Crippen LogP contribution in [0.25, 0.3) is 11.1 Å².